The van der Waals surface area contributed by atoms with E-state index in [1.807, 2.05) is 32.9 Å². The number of amides is 1. The molecule has 0 aromatic heterocycles. The molecule has 2 atom stereocenters. The molecule has 2 aliphatic carbocycles. The monoisotopic (exact) mass is 378 g/mol. The number of Topliss-reactive ketones (excluding diaryl/α,β-unsaturated/α-hetero) is 1. The fraction of sp³-hybridized carbons (Fsp3) is 0.471. The van der Waals surface area contributed by atoms with Gasteiger partial charge in [0.15, 0.2) is 5.78 Å². The van der Waals surface area contributed by atoms with Gasteiger partial charge in [-0.2, -0.15) is 0 Å². The number of benzene rings is 1. The zero-order valence-corrected chi connectivity index (χ0v) is 14.9. The van der Waals surface area contributed by atoms with Gasteiger partial charge in [-0.25, -0.2) is 0 Å². The Morgan fingerprint density at radius 3 is 2.35 bits per heavy atom. The molecule has 0 saturated heterocycles. The van der Waals surface area contributed by atoms with E-state index in [4.69, 9.17) is 0 Å². The van der Waals surface area contributed by atoms with Gasteiger partial charge in [0.1, 0.15) is 11.1 Å². The van der Waals surface area contributed by atoms with E-state index in [2.05, 4.69) is 26.4 Å². The Labute approximate surface area is 143 Å². The smallest absolute Gasteiger partial charge is 0.239 e. The Hall–Kier alpha value is -1.69. The predicted molar refractivity (Wildman–Crippen MR) is 90.6 cm³/mol. The van der Waals surface area contributed by atoms with Crippen molar-refractivity contribution in [1.29, 1.82) is 0 Å². The highest BCUT2D eigenvalue weighted by molar-refractivity contribution is 9.10. The van der Waals surface area contributed by atoms with Crippen LogP contribution >= 0.6 is 15.9 Å². The van der Waals surface area contributed by atoms with Gasteiger partial charge in [-0.05, 0) is 42.5 Å². The van der Waals surface area contributed by atoms with Crippen molar-refractivity contribution >= 4 is 39.0 Å². The number of nitrogens with zero attached hydrogens (tertiary/aromatic N) is 1. The molecule has 23 heavy (non-hydrogen) atoms. The molecule has 1 amide bonds. The van der Waals surface area contributed by atoms with Gasteiger partial charge in [-0.1, -0.05) is 41.9 Å². The van der Waals surface area contributed by atoms with Crippen molar-refractivity contribution in [3.8, 4) is 0 Å². The summed E-state index contributed by atoms with van der Waals surface area (Å²) in [5.74, 6) is -0.675. The molecule has 2 bridgehead atoms. The summed E-state index contributed by atoms with van der Waals surface area (Å²) in [6.45, 7) is 5.73. The number of hydrogen-bond donors (Lipinski definition) is 2. The lowest BCUT2D eigenvalue weighted by Crippen LogP contribution is -2.47. The first kappa shape index (κ1) is 16.2. The summed E-state index contributed by atoms with van der Waals surface area (Å²) in [5.41, 5.74) is -1.62. The Morgan fingerprint density at radius 1 is 1.22 bits per heavy atom. The quantitative estimate of drug-likeness (QED) is 0.468. The number of rotatable bonds is 2. The van der Waals surface area contributed by atoms with E-state index in [-0.39, 0.29) is 17.4 Å². The Balaban J connectivity index is 2.02. The molecule has 0 heterocycles. The zero-order chi connectivity index (χ0) is 17.0. The van der Waals surface area contributed by atoms with Gasteiger partial charge in [0.2, 0.25) is 5.91 Å². The third-order valence-electron chi connectivity index (χ3n) is 6.16. The van der Waals surface area contributed by atoms with Crippen LogP contribution in [0.4, 0.5) is 5.69 Å². The van der Waals surface area contributed by atoms with Crippen molar-refractivity contribution in [2.24, 2.45) is 21.4 Å². The average molecular weight is 379 g/mol. The van der Waals surface area contributed by atoms with Crippen LogP contribution in [0.5, 0.6) is 0 Å². The SMILES string of the molecule is CC12CCC(C(=O)Nc3ccc(Br)cc3)(C(=O)/C1=N\O)C2(C)C. The predicted octanol–water partition coefficient (Wildman–Crippen LogP) is 3.61. The molecule has 0 spiro atoms. The largest absolute Gasteiger partial charge is 0.411 e. The number of anilines is 1. The molecule has 2 aliphatic rings. The second-order valence-corrected chi connectivity index (χ2v) is 8.02. The first-order valence-corrected chi connectivity index (χ1v) is 8.34. The summed E-state index contributed by atoms with van der Waals surface area (Å²) in [4.78, 5) is 25.9. The minimum absolute atomic E-state index is 0.125. The maximum Gasteiger partial charge on any atom is 0.239 e. The fourth-order valence-corrected chi connectivity index (χ4v) is 4.49. The average Bonchev–Trinajstić information content (AvgIpc) is 2.77. The molecule has 2 saturated carbocycles. The number of fused-ring (bicyclic) bond motifs is 2. The molecule has 3 rings (SSSR count). The van der Waals surface area contributed by atoms with E-state index >= 15 is 0 Å². The lowest BCUT2D eigenvalue weighted by atomic mass is 9.64. The van der Waals surface area contributed by atoms with Crippen LogP contribution in [0.1, 0.15) is 33.6 Å². The van der Waals surface area contributed by atoms with Gasteiger partial charge in [0, 0.05) is 15.6 Å². The molecule has 122 valence electrons. The summed E-state index contributed by atoms with van der Waals surface area (Å²) < 4.78 is 0.911. The van der Waals surface area contributed by atoms with Crippen molar-refractivity contribution in [3.05, 3.63) is 28.7 Å². The van der Waals surface area contributed by atoms with Gasteiger partial charge >= 0.3 is 0 Å². The number of oxime groups is 1. The summed E-state index contributed by atoms with van der Waals surface area (Å²) in [6.07, 6.45) is 1.12. The highest BCUT2D eigenvalue weighted by Crippen LogP contribution is 2.69. The first-order valence-electron chi connectivity index (χ1n) is 7.55. The number of halogens is 1. The number of ketones is 1. The van der Waals surface area contributed by atoms with Crippen LogP contribution in [0.3, 0.4) is 0 Å². The van der Waals surface area contributed by atoms with Crippen molar-refractivity contribution in [2.45, 2.75) is 33.6 Å². The molecule has 5 nitrogen and oxygen atoms in total. The second kappa shape index (κ2) is 4.90. The molecule has 2 fully saturated rings. The number of hydrogen-bond acceptors (Lipinski definition) is 4. The van der Waals surface area contributed by atoms with Crippen molar-refractivity contribution in [3.63, 3.8) is 0 Å². The third kappa shape index (κ3) is 1.81. The van der Waals surface area contributed by atoms with E-state index in [9.17, 15) is 14.8 Å². The van der Waals surface area contributed by atoms with Gasteiger partial charge in [-0.15, -0.1) is 0 Å². The van der Waals surface area contributed by atoms with E-state index in [1.54, 1.807) is 12.1 Å². The summed E-state index contributed by atoms with van der Waals surface area (Å²) >= 11 is 3.35. The number of carbonyl (C=O) groups is 2. The van der Waals surface area contributed by atoms with Crippen molar-refractivity contribution < 1.29 is 14.8 Å². The normalized spacial score (nSPS) is 33.2. The summed E-state index contributed by atoms with van der Waals surface area (Å²) in [7, 11) is 0. The summed E-state index contributed by atoms with van der Waals surface area (Å²) in [6, 6.07) is 7.21. The van der Waals surface area contributed by atoms with Crippen LogP contribution in [0.25, 0.3) is 0 Å². The van der Waals surface area contributed by atoms with Crippen LogP contribution < -0.4 is 5.32 Å². The van der Waals surface area contributed by atoms with Gasteiger partial charge < -0.3 is 10.5 Å². The minimum atomic E-state index is -1.18. The van der Waals surface area contributed by atoms with Crippen LogP contribution in [0.2, 0.25) is 0 Å². The molecule has 2 unspecified atom stereocenters. The topological polar surface area (TPSA) is 78.8 Å². The Bertz CT molecular complexity index is 726. The Morgan fingerprint density at radius 2 is 1.83 bits per heavy atom. The molecule has 0 aliphatic heterocycles. The van der Waals surface area contributed by atoms with Gasteiger partial charge in [0.25, 0.3) is 0 Å². The standard InChI is InChI=1S/C17H19BrN2O3/c1-15(2)16(3)8-9-17(15,13(21)12(16)20-23)14(22)19-11-6-4-10(18)5-7-11/h4-7,23H,8-9H2,1-3H3,(H,19,22)/b20-12+. The van der Waals surface area contributed by atoms with Gasteiger partial charge in [-0.3, -0.25) is 9.59 Å². The van der Waals surface area contributed by atoms with Gasteiger partial charge in [0.05, 0.1) is 0 Å². The van der Waals surface area contributed by atoms with E-state index in [0.29, 0.717) is 18.5 Å². The maximum atomic E-state index is 13.0. The number of nitrogens with one attached hydrogen (secondary N) is 1. The first-order chi connectivity index (χ1) is 10.7. The van der Waals surface area contributed by atoms with Crippen molar-refractivity contribution in [1.82, 2.24) is 0 Å². The molecule has 1 aromatic carbocycles. The molecule has 1 aromatic rings. The van der Waals surface area contributed by atoms with Crippen LogP contribution in [0.15, 0.2) is 33.9 Å². The molecular formula is C17H19BrN2O3. The minimum Gasteiger partial charge on any atom is -0.411 e. The molecule has 0 radical (unpaired) electrons. The Kier molecular flexibility index (Phi) is 3.45. The highest BCUT2D eigenvalue weighted by atomic mass is 79.9. The number of carbonyl (C=O) groups excluding carboxylic acids is 2. The summed E-state index contributed by atoms with van der Waals surface area (Å²) in [5, 5.41) is 15.4. The van der Waals surface area contributed by atoms with Crippen LogP contribution in [-0.4, -0.2) is 22.6 Å². The molecule has 6 heteroatoms. The van der Waals surface area contributed by atoms with E-state index in [1.165, 1.54) is 0 Å². The lowest BCUT2D eigenvalue weighted by Gasteiger charge is -2.37. The fourth-order valence-electron chi connectivity index (χ4n) is 4.23. The lowest BCUT2D eigenvalue weighted by molar-refractivity contribution is -0.140. The van der Waals surface area contributed by atoms with Crippen LogP contribution in [0, 0.1) is 16.2 Å². The van der Waals surface area contributed by atoms with E-state index < -0.39 is 16.2 Å². The van der Waals surface area contributed by atoms with Crippen molar-refractivity contribution in [2.75, 3.05) is 5.32 Å². The molecular weight excluding hydrogens is 360 g/mol. The maximum absolute atomic E-state index is 13.0. The molecule has 2 N–H and O–H groups in total. The zero-order valence-electron chi connectivity index (χ0n) is 13.3. The van der Waals surface area contributed by atoms with E-state index in [0.717, 1.165) is 4.47 Å². The third-order valence-corrected chi connectivity index (χ3v) is 6.69. The van der Waals surface area contributed by atoms with Crippen LogP contribution in [-0.2, 0) is 9.59 Å². The second-order valence-electron chi connectivity index (χ2n) is 7.10. The highest BCUT2D eigenvalue weighted by Gasteiger charge is 2.76.